The Kier molecular flexibility index (Phi) is 4.82. The second-order valence-corrected chi connectivity index (χ2v) is 4.19. The van der Waals surface area contributed by atoms with Crippen LogP contribution in [0.1, 0.15) is 39.3 Å². The van der Waals surface area contributed by atoms with Crippen molar-refractivity contribution < 1.29 is 0 Å². The Bertz CT molecular complexity index is 276. The molecule has 3 nitrogen and oxygen atoms in total. The van der Waals surface area contributed by atoms with Gasteiger partial charge in [-0.05, 0) is 18.9 Å². The summed E-state index contributed by atoms with van der Waals surface area (Å²) in [6, 6.07) is 2.64. The van der Waals surface area contributed by atoms with E-state index in [4.69, 9.17) is 0 Å². The molecule has 0 radical (unpaired) electrons. The van der Waals surface area contributed by atoms with Crippen molar-refractivity contribution in [1.82, 2.24) is 15.1 Å². The summed E-state index contributed by atoms with van der Waals surface area (Å²) in [5, 5.41) is 7.72. The lowest BCUT2D eigenvalue weighted by Crippen LogP contribution is -2.33. The van der Waals surface area contributed by atoms with E-state index in [0.29, 0.717) is 6.04 Å². The number of hydrogen-bond donors (Lipinski definition) is 1. The lowest BCUT2D eigenvalue weighted by atomic mass is 9.95. The monoisotopic (exact) mass is 209 g/mol. The minimum absolute atomic E-state index is 0.579. The highest BCUT2D eigenvalue weighted by Gasteiger charge is 2.12. The van der Waals surface area contributed by atoms with Crippen LogP contribution in [0.3, 0.4) is 0 Å². The van der Waals surface area contributed by atoms with E-state index < -0.39 is 0 Å². The third-order valence-electron chi connectivity index (χ3n) is 3.28. The third kappa shape index (κ3) is 3.34. The first-order valence-corrected chi connectivity index (χ1v) is 5.89. The van der Waals surface area contributed by atoms with Gasteiger partial charge < -0.3 is 5.32 Å². The van der Waals surface area contributed by atoms with Gasteiger partial charge in [0.1, 0.15) is 0 Å². The number of nitrogens with zero attached hydrogens (tertiary/aromatic N) is 2. The minimum atomic E-state index is 0.579. The molecule has 15 heavy (non-hydrogen) atoms. The van der Waals surface area contributed by atoms with Crippen molar-refractivity contribution >= 4 is 0 Å². The summed E-state index contributed by atoms with van der Waals surface area (Å²) in [5.41, 5.74) is 1.24. The summed E-state index contributed by atoms with van der Waals surface area (Å²) >= 11 is 0. The second kappa shape index (κ2) is 5.91. The van der Waals surface area contributed by atoms with Crippen molar-refractivity contribution in [3.8, 4) is 0 Å². The molecule has 1 N–H and O–H groups in total. The Balaban J connectivity index is 2.40. The number of hydrogen-bond acceptors (Lipinski definition) is 2. The predicted octanol–water partition coefficient (Wildman–Crippen LogP) is 2.33. The largest absolute Gasteiger partial charge is 0.308 e. The van der Waals surface area contributed by atoms with Gasteiger partial charge in [0.05, 0.1) is 5.69 Å². The smallest absolute Gasteiger partial charge is 0.0518 e. The van der Waals surface area contributed by atoms with Gasteiger partial charge in [-0.3, -0.25) is 4.68 Å². The number of aryl methyl sites for hydroxylation is 1. The molecule has 0 spiro atoms. The molecular formula is C12H23N3. The first-order valence-electron chi connectivity index (χ1n) is 5.89. The molecule has 0 aliphatic rings. The van der Waals surface area contributed by atoms with Gasteiger partial charge in [0.25, 0.3) is 0 Å². The van der Waals surface area contributed by atoms with E-state index in [0.717, 1.165) is 12.5 Å². The van der Waals surface area contributed by atoms with Crippen LogP contribution in [0, 0.1) is 5.92 Å². The van der Waals surface area contributed by atoms with E-state index in [-0.39, 0.29) is 0 Å². The molecule has 0 saturated heterocycles. The van der Waals surface area contributed by atoms with Crippen LogP contribution < -0.4 is 5.32 Å². The Morgan fingerprint density at radius 1 is 1.40 bits per heavy atom. The van der Waals surface area contributed by atoms with Crippen molar-refractivity contribution in [2.24, 2.45) is 13.0 Å². The third-order valence-corrected chi connectivity index (χ3v) is 3.28. The van der Waals surface area contributed by atoms with Gasteiger partial charge in [-0.2, -0.15) is 5.10 Å². The molecule has 1 aromatic heterocycles. The quantitative estimate of drug-likeness (QED) is 0.779. The molecule has 1 aromatic rings. The predicted molar refractivity (Wildman–Crippen MR) is 63.6 cm³/mol. The molecule has 0 amide bonds. The van der Waals surface area contributed by atoms with Crippen LogP contribution >= 0.6 is 0 Å². The van der Waals surface area contributed by atoms with Gasteiger partial charge in [-0.25, -0.2) is 0 Å². The average molecular weight is 209 g/mol. The van der Waals surface area contributed by atoms with Gasteiger partial charge in [0, 0.05) is 25.8 Å². The summed E-state index contributed by atoms with van der Waals surface area (Å²) in [4.78, 5) is 0. The minimum Gasteiger partial charge on any atom is -0.308 e. The average Bonchev–Trinajstić information content (AvgIpc) is 2.63. The fourth-order valence-corrected chi connectivity index (χ4v) is 2.00. The van der Waals surface area contributed by atoms with Crippen LogP contribution in [0.2, 0.25) is 0 Å². The summed E-state index contributed by atoms with van der Waals surface area (Å²) < 4.78 is 1.92. The molecule has 0 bridgehead atoms. The van der Waals surface area contributed by atoms with E-state index in [9.17, 15) is 0 Å². The Labute approximate surface area is 92.9 Å². The summed E-state index contributed by atoms with van der Waals surface area (Å²) in [7, 11) is 1.98. The standard InChI is InChI=1S/C12H23N3/c1-5-11(6-2)10(3)13-9-12-7-8-14-15(12)4/h7-8,10-11,13H,5-6,9H2,1-4H3. The topological polar surface area (TPSA) is 29.9 Å². The molecule has 0 saturated carbocycles. The fourth-order valence-electron chi connectivity index (χ4n) is 2.00. The highest BCUT2D eigenvalue weighted by molar-refractivity contribution is 4.99. The number of rotatable bonds is 6. The summed E-state index contributed by atoms with van der Waals surface area (Å²) in [5.74, 6) is 0.776. The van der Waals surface area contributed by atoms with Crippen molar-refractivity contribution in [2.45, 2.75) is 46.2 Å². The lowest BCUT2D eigenvalue weighted by molar-refractivity contribution is 0.350. The molecule has 1 atom stereocenters. The highest BCUT2D eigenvalue weighted by Crippen LogP contribution is 2.13. The van der Waals surface area contributed by atoms with Gasteiger partial charge in [0.15, 0.2) is 0 Å². The highest BCUT2D eigenvalue weighted by atomic mass is 15.3. The maximum Gasteiger partial charge on any atom is 0.0518 e. The number of nitrogens with one attached hydrogen (secondary N) is 1. The summed E-state index contributed by atoms with van der Waals surface area (Å²) in [6.07, 6.45) is 4.34. The molecule has 0 aliphatic heterocycles. The lowest BCUT2D eigenvalue weighted by Gasteiger charge is -2.22. The molecule has 0 fully saturated rings. The SMILES string of the molecule is CCC(CC)C(C)NCc1ccnn1C. The van der Waals surface area contributed by atoms with Crippen LogP contribution in [0.5, 0.6) is 0 Å². The van der Waals surface area contributed by atoms with Crippen LogP contribution in [0.15, 0.2) is 12.3 Å². The Hall–Kier alpha value is -0.830. The van der Waals surface area contributed by atoms with Crippen molar-refractivity contribution in [3.63, 3.8) is 0 Å². The van der Waals surface area contributed by atoms with Crippen LogP contribution in [-0.4, -0.2) is 15.8 Å². The molecular weight excluding hydrogens is 186 g/mol. The fraction of sp³-hybridized carbons (Fsp3) is 0.750. The number of aromatic nitrogens is 2. The molecule has 0 aliphatic carbocycles. The molecule has 3 heteroatoms. The summed E-state index contributed by atoms with van der Waals surface area (Å²) in [6.45, 7) is 7.70. The van der Waals surface area contributed by atoms with E-state index in [1.54, 1.807) is 0 Å². The molecule has 1 rings (SSSR count). The van der Waals surface area contributed by atoms with Crippen molar-refractivity contribution in [3.05, 3.63) is 18.0 Å². The first-order chi connectivity index (χ1) is 7.19. The molecule has 1 heterocycles. The molecule has 86 valence electrons. The zero-order valence-corrected chi connectivity index (χ0v) is 10.3. The van der Waals surface area contributed by atoms with Gasteiger partial charge >= 0.3 is 0 Å². The van der Waals surface area contributed by atoms with E-state index in [2.05, 4.69) is 37.3 Å². The first kappa shape index (κ1) is 12.2. The van der Waals surface area contributed by atoms with Crippen molar-refractivity contribution in [2.75, 3.05) is 0 Å². The van der Waals surface area contributed by atoms with Gasteiger partial charge in [-0.1, -0.05) is 26.7 Å². The normalized spacial score (nSPS) is 13.4. The Morgan fingerprint density at radius 2 is 2.07 bits per heavy atom. The maximum atomic E-state index is 4.16. The maximum absolute atomic E-state index is 4.16. The van der Waals surface area contributed by atoms with Crippen LogP contribution in [0.25, 0.3) is 0 Å². The van der Waals surface area contributed by atoms with Gasteiger partial charge in [0.2, 0.25) is 0 Å². The second-order valence-electron chi connectivity index (χ2n) is 4.19. The van der Waals surface area contributed by atoms with Crippen molar-refractivity contribution in [1.29, 1.82) is 0 Å². The Morgan fingerprint density at radius 3 is 2.53 bits per heavy atom. The van der Waals surface area contributed by atoms with Gasteiger partial charge in [-0.15, -0.1) is 0 Å². The zero-order chi connectivity index (χ0) is 11.3. The van der Waals surface area contributed by atoms with Crippen LogP contribution in [0.4, 0.5) is 0 Å². The van der Waals surface area contributed by atoms with Crippen LogP contribution in [-0.2, 0) is 13.6 Å². The molecule has 0 aromatic carbocycles. The van der Waals surface area contributed by atoms with E-state index >= 15 is 0 Å². The zero-order valence-electron chi connectivity index (χ0n) is 10.3. The van der Waals surface area contributed by atoms with E-state index in [1.165, 1.54) is 18.5 Å². The molecule has 1 unspecified atom stereocenters. The van der Waals surface area contributed by atoms with E-state index in [1.807, 2.05) is 17.9 Å².